The molecular formula is C7H16O2S. The van der Waals surface area contributed by atoms with Crippen LogP contribution in [0.2, 0.25) is 0 Å². The van der Waals surface area contributed by atoms with E-state index < -0.39 is 0 Å². The molecule has 2 nitrogen and oxygen atoms in total. The highest BCUT2D eigenvalue weighted by molar-refractivity contribution is 7.99. The van der Waals surface area contributed by atoms with Crippen molar-refractivity contribution < 1.29 is 9.84 Å². The van der Waals surface area contributed by atoms with Crippen LogP contribution in [0, 0.1) is 0 Å². The second kappa shape index (κ2) is 9.27. The van der Waals surface area contributed by atoms with Crippen LogP contribution in [0.1, 0.15) is 13.3 Å². The minimum Gasteiger partial charge on any atom is -0.396 e. The molecule has 0 unspecified atom stereocenters. The van der Waals surface area contributed by atoms with Gasteiger partial charge in [0.2, 0.25) is 0 Å². The Labute approximate surface area is 67.0 Å². The number of hydrogen-bond donors (Lipinski definition) is 1. The largest absolute Gasteiger partial charge is 0.396 e. The summed E-state index contributed by atoms with van der Waals surface area (Å²) in [5, 5.41) is 8.42. The Bertz CT molecular complexity index is 51.6. The van der Waals surface area contributed by atoms with Gasteiger partial charge in [0.05, 0.1) is 6.61 Å². The molecule has 0 aliphatic rings. The molecule has 0 saturated carbocycles. The molecule has 10 heavy (non-hydrogen) atoms. The minimum absolute atomic E-state index is 0.307. The Morgan fingerprint density at radius 2 is 2.20 bits per heavy atom. The van der Waals surface area contributed by atoms with E-state index in [1.165, 1.54) is 0 Å². The molecule has 0 bridgehead atoms. The molecule has 1 N–H and O–H groups in total. The Morgan fingerprint density at radius 3 is 2.80 bits per heavy atom. The van der Waals surface area contributed by atoms with E-state index in [-0.39, 0.29) is 0 Å². The highest BCUT2D eigenvalue weighted by atomic mass is 32.2. The lowest BCUT2D eigenvalue weighted by atomic mass is 10.5. The maximum absolute atomic E-state index is 8.42. The summed E-state index contributed by atoms with van der Waals surface area (Å²) in [7, 11) is 0. The summed E-state index contributed by atoms with van der Waals surface area (Å²) in [5.41, 5.74) is 0. The lowest BCUT2D eigenvalue weighted by Crippen LogP contribution is -1.97. The van der Waals surface area contributed by atoms with Crippen molar-refractivity contribution >= 4 is 11.8 Å². The first-order valence-corrected chi connectivity index (χ1v) is 4.83. The molecule has 3 heteroatoms. The van der Waals surface area contributed by atoms with Crippen molar-refractivity contribution in [3.63, 3.8) is 0 Å². The van der Waals surface area contributed by atoms with Crippen molar-refractivity contribution in [1.29, 1.82) is 0 Å². The van der Waals surface area contributed by atoms with Gasteiger partial charge in [-0.1, -0.05) is 0 Å². The summed E-state index contributed by atoms with van der Waals surface area (Å²) in [6.45, 7) is 3.95. The zero-order chi connectivity index (χ0) is 7.66. The lowest BCUT2D eigenvalue weighted by Gasteiger charge is -1.99. The molecule has 0 fully saturated rings. The summed E-state index contributed by atoms with van der Waals surface area (Å²) in [6.07, 6.45) is 0.900. The van der Waals surface area contributed by atoms with Crippen molar-refractivity contribution in [3.05, 3.63) is 0 Å². The van der Waals surface area contributed by atoms with Crippen LogP contribution >= 0.6 is 11.8 Å². The molecule has 0 rings (SSSR count). The average molecular weight is 164 g/mol. The first kappa shape index (κ1) is 10.3. The van der Waals surface area contributed by atoms with Gasteiger partial charge < -0.3 is 9.84 Å². The molecule has 0 aromatic heterocycles. The van der Waals surface area contributed by atoms with E-state index in [2.05, 4.69) is 0 Å². The van der Waals surface area contributed by atoms with Crippen molar-refractivity contribution in [3.8, 4) is 0 Å². The molecule has 62 valence electrons. The van der Waals surface area contributed by atoms with Gasteiger partial charge in [0, 0.05) is 19.0 Å². The van der Waals surface area contributed by atoms with Crippen LogP contribution in [0.15, 0.2) is 0 Å². The van der Waals surface area contributed by atoms with Gasteiger partial charge in [-0.25, -0.2) is 0 Å². The fourth-order valence-electron chi connectivity index (χ4n) is 0.531. The quantitative estimate of drug-likeness (QED) is 0.572. The smallest absolute Gasteiger partial charge is 0.0556 e. The first-order valence-electron chi connectivity index (χ1n) is 3.68. The van der Waals surface area contributed by atoms with Gasteiger partial charge in [-0.2, -0.15) is 11.8 Å². The Kier molecular flexibility index (Phi) is 9.52. The molecule has 0 saturated heterocycles. The molecule has 0 aliphatic carbocycles. The molecule has 0 aromatic rings. The predicted molar refractivity (Wildman–Crippen MR) is 45.5 cm³/mol. The lowest BCUT2D eigenvalue weighted by molar-refractivity contribution is 0.164. The van der Waals surface area contributed by atoms with Crippen molar-refractivity contribution in [2.24, 2.45) is 0 Å². The molecule has 0 heterocycles. The van der Waals surface area contributed by atoms with Crippen LogP contribution in [0.5, 0.6) is 0 Å². The number of aliphatic hydroxyl groups is 1. The van der Waals surface area contributed by atoms with Gasteiger partial charge in [-0.15, -0.1) is 0 Å². The maximum Gasteiger partial charge on any atom is 0.0556 e. The van der Waals surface area contributed by atoms with Crippen LogP contribution in [0.3, 0.4) is 0 Å². The number of hydrogen-bond acceptors (Lipinski definition) is 3. The molecule has 0 spiro atoms. The van der Waals surface area contributed by atoms with Crippen LogP contribution in [-0.2, 0) is 4.74 Å². The monoisotopic (exact) mass is 164 g/mol. The maximum atomic E-state index is 8.42. The predicted octanol–water partition coefficient (Wildman–Crippen LogP) is 1.14. The summed E-state index contributed by atoms with van der Waals surface area (Å²) in [6, 6.07) is 0. The Hall–Kier alpha value is 0.270. The number of aliphatic hydroxyl groups excluding tert-OH is 1. The van der Waals surface area contributed by atoms with Gasteiger partial charge in [0.1, 0.15) is 0 Å². The van der Waals surface area contributed by atoms with Crippen LogP contribution < -0.4 is 0 Å². The van der Waals surface area contributed by atoms with Gasteiger partial charge in [0.25, 0.3) is 0 Å². The second-order valence-electron chi connectivity index (χ2n) is 1.89. The third-order valence-corrected chi connectivity index (χ3v) is 2.06. The van der Waals surface area contributed by atoms with Gasteiger partial charge >= 0.3 is 0 Å². The van der Waals surface area contributed by atoms with Crippen molar-refractivity contribution in [2.45, 2.75) is 13.3 Å². The average Bonchev–Trinajstić information content (AvgIpc) is 1.97. The van der Waals surface area contributed by atoms with E-state index in [0.717, 1.165) is 31.1 Å². The number of ether oxygens (including phenoxy) is 1. The van der Waals surface area contributed by atoms with E-state index in [1.807, 2.05) is 18.7 Å². The van der Waals surface area contributed by atoms with E-state index >= 15 is 0 Å². The summed E-state index contributed by atoms with van der Waals surface area (Å²) in [4.78, 5) is 0. The summed E-state index contributed by atoms with van der Waals surface area (Å²) < 4.78 is 5.13. The van der Waals surface area contributed by atoms with Gasteiger partial charge in [-0.3, -0.25) is 0 Å². The zero-order valence-electron chi connectivity index (χ0n) is 6.51. The Morgan fingerprint density at radius 1 is 1.40 bits per heavy atom. The van der Waals surface area contributed by atoms with Gasteiger partial charge in [-0.05, 0) is 19.1 Å². The fourth-order valence-corrected chi connectivity index (χ4v) is 1.30. The zero-order valence-corrected chi connectivity index (χ0v) is 7.32. The third-order valence-electron chi connectivity index (χ3n) is 1.02. The molecule has 0 atom stereocenters. The summed E-state index contributed by atoms with van der Waals surface area (Å²) >= 11 is 1.83. The number of thioether (sulfide) groups is 1. The van der Waals surface area contributed by atoms with E-state index in [4.69, 9.17) is 9.84 Å². The van der Waals surface area contributed by atoms with Gasteiger partial charge in [0.15, 0.2) is 0 Å². The highest BCUT2D eigenvalue weighted by Gasteiger charge is 1.87. The summed E-state index contributed by atoms with van der Waals surface area (Å²) in [5.74, 6) is 2.09. The normalized spacial score (nSPS) is 10.2. The Balaban J connectivity index is 2.65. The molecule has 0 aliphatic heterocycles. The van der Waals surface area contributed by atoms with E-state index in [1.54, 1.807) is 0 Å². The second-order valence-corrected chi connectivity index (χ2v) is 3.11. The van der Waals surface area contributed by atoms with Crippen LogP contribution in [-0.4, -0.2) is 36.4 Å². The standard InChI is InChI=1S/C7H16O2S/c1-2-9-5-7-10-6-3-4-8/h8H,2-7H2,1H3. The van der Waals surface area contributed by atoms with Crippen LogP contribution in [0.4, 0.5) is 0 Å². The first-order chi connectivity index (χ1) is 4.91. The third kappa shape index (κ3) is 8.27. The molecule has 0 aromatic carbocycles. The van der Waals surface area contributed by atoms with Crippen molar-refractivity contribution in [2.75, 3.05) is 31.3 Å². The van der Waals surface area contributed by atoms with Crippen molar-refractivity contribution in [1.82, 2.24) is 0 Å². The molecule has 0 radical (unpaired) electrons. The van der Waals surface area contributed by atoms with E-state index in [0.29, 0.717) is 6.61 Å². The fraction of sp³-hybridized carbons (Fsp3) is 1.00. The highest BCUT2D eigenvalue weighted by Crippen LogP contribution is 2.00. The topological polar surface area (TPSA) is 29.5 Å². The number of rotatable bonds is 7. The molecular weight excluding hydrogens is 148 g/mol. The molecule has 0 amide bonds. The SMILES string of the molecule is CCOCCSCCCO. The minimum atomic E-state index is 0.307. The van der Waals surface area contributed by atoms with E-state index in [9.17, 15) is 0 Å². The van der Waals surface area contributed by atoms with Crippen LogP contribution in [0.25, 0.3) is 0 Å².